The van der Waals surface area contributed by atoms with Crippen molar-refractivity contribution in [3.8, 4) is 0 Å². The molecule has 1 unspecified atom stereocenters. The van der Waals surface area contributed by atoms with E-state index in [9.17, 15) is 4.79 Å². The number of aryl methyl sites for hydroxylation is 1. The quantitative estimate of drug-likeness (QED) is 0.751. The van der Waals surface area contributed by atoms with Crippen molar-refractivity contribution < 1.29 is 4.79 Å². The van der Waals surface area contributed by atoms with Crippen molar-refractivity contribution in [3.63, 3.8) is 0 Å². The predicted molar refractivity (Wildman–Crippen MR) is 66.3 cm³/mol. The number of aromatic amines is 1. The second kappa shape index (κ2) is 3.66. The molecule has 2 aromatic rings. The van der Waals surface area contributed by atoms with E-state index in [2.05, 4.69) is 15.3 Å². The highest BCUT2D eigenvalue weighted by Crippen LogP contribution is 2.22. The molecule has 1 aliphatic heterocycles. The lowest BCUT2D eigenvalue weighted by Gasteiger charge is -2.09. The molecule has 2 N–H and O–H groups in total. The highest BCUT2D eigenvalue weighted by Gasteiger charge is 2.25. The van der Waals surface area contributed by atoms with Crippen LogP contribution in [0.25, 0.3) is 11.2 Å². The summed E-state index contributed by atoms with van der Waals surface area (Å²) < 4.78 is 2.56. The van der Waals surface area contributed by atoms with E-state index in [0.717, 1.165) is 16.7 Å². The Labute approximate surface area is 103 Å². The number of hydrogen-bond acceptors (Lipinski definition) is 3. The Morgan fingerprint density at radius 2 is 2.41 bits per heavy atom. The van der Waals surface area contributed by atoms with Gasteiger partial charge in [-0.2, -0.15) is 0 Å². The number of pyridine rings is 1. The minimum atomic E-state index is 0.0679. The van der Waals surface area contributed by atoms with E-state index in [-0.39, 0.29) is 11.9 Å². The Balaban J connectivity index is 2.19. The highest BCUT2D eigenvalue weighted by molar-refractivity contribution is 7.71. The van der Waals surface area contributed by atoms with Gasteiger partial charge in [-0.1, -0.05) is 0 Å². The van der Waals surface area contributed by atoms with Crippen molar-refractivity contribution in [1.82, 2.24) is 19.9 Å². The molecule has 1 fully saturated rings. The van der Waals surface area contributed by atoms with E-state index in [4.69, 9.17) is 12.2 Å². The van der Waals surface area contributed by atoms with Gasteiger partial charge in [0.2, 0.25) is 5.91 Å². The number of aromatic nitrogens is 3. The summed E-state index contributed by atoms with van der Waals surface area (Å²) in [5.74, 6) is 0.0679. The molecule has 88 valence electrons. The van der Waals surface area contributed by atoms with Gasteiger partial charge in [0, 0.05) is 19.2 Å². The number of nitrogens with one attached hydrogen (secondary N) is 2. The summed E-state index contributed by atoms with van der Waals surface area (Å²) in [6.45, 7) is 2.61. The van der Waals surface area contributed by atoms with Gasteiger partial charge in [0.1, 0.15) is 0 Å². The van der Waals surface area contributed by atoms with Gasteiger partial charge in [0.15, 0.2) is 10.4 Å². The minimum Gasteiger partial charge on any atom is -0.354 e. The molecule has 0 radical (unpaired) electrons. The van der Waals surface area contributed by atoms with Crippen LogP contribution < -0.4 is 5.32 Å². The standard InChI is InChI=1S/C11H12N4OS/c1-6-2-8-10(13-4-6)15(11(17)14-8)7-3-9(16)12-5-7/h2,4,7H,3,5H2,1H3,(H,12,16)(H,14,17). The highest BCUT2D eigenvalue weighted by atomic mass is 32.1. The van der Waals surface area contributed by atoms with E-state index in [1.54, 1.807) is 0 Å². The van der Waals surface area contributed by atoms with Crippen molar-refractivity contribution in [2.45, 2.75) is 19.4 Å². The third kappa shape index (κ3) is 1.64. The third-order valence-corrected chi connectivity index (χ3v) is 3.31. The fourth-order valence-electron chi connectivity index (χ4n) is 2.23. The monoisotopic (exact) mass is 248 g/mol. The van der Waals surface area contributed by atoms with Crippen molar-refractivity contribution in [1.29, 1.82) is 0 Å². The second-order valence-electron chi connectivity index (χ2n) is 4.35. The van der Waals surface area contributed by atoms with Crippen LogP contribution in [-0.4, -0.2) is 27.0 Å². The summed E-state index contributed by atoms with van der Waals surface area (Å²) in [5.41, 5.74) is 2.83. The van der Waals surface area contributed by atoms with Crippen LogP contribution in [0.5, 0.6) is 0 Å². The molecule has 0 spiro atoms. The van der Waals surface area contributed by atoms with Gasteiger partial charge in [-0.25, -0.2) is 4.98 Å². The zero-order valence-electron chi connectivity index (χ0n) is 9.36. The molecule has 0 saturated carbocycles. The van der Waals surface area contributed by atoms with E-state index >= 15 is 0 Å². The summed E-state index contributed by atoms with van der Waals surface area (Å²) >= 11 is 5.30. The summed E-state index contributed by atoms with van der Waals surface area (Å²) in [6, 6.07) is 2.08. The summed E-state index contributed by atoms with van der Waals surface area (Å²) in [7, 11) is 0. The van der Waals surface area contributed by atoms with Crippen LogP contribution in [0.2, 0.25) is 0 Å². The maximum Gasteiger partial charge on any atom is 0.222 e. The van der Waals surface area contributed by atoms with Crippen LogP contribution in [0.4, 0.5) is 0 Å². The van der Waals surface area contributed by atoms with Crippen LogP contribution in [0.1, 0.15) is 18.0 Å². The molecule has 0 bridgehead atoms. The minimum absolute atomic E-state index is 0.0679. The van der Waals surface area contributed by atoms with Crippen molar-refractivity contribution in [3.05, 3.63) is 22.6 Å². The maximum atomic E-state index is 11.3. The number of amides is 1. The molecule has 1 amide bonds. The molecule has 3 heterocycles. The molecule has 2 aromatic heterocycles. The number of hydrogen-bond donors (Lipinski definition) is 2. The lowest BCUT2D eigenvalue weighted by molar-refractivity contribution is -0.119. The first-order valence-electron chi connectivity index (χ1n) is 5.49. The van der Waals surface area contributed by atoms with Gasteiger partial charge in [-0.15, -0.1) is 0 Å². The topological polar surface area (TPSA) is 62.7 Å². The Hall–Kier alpha value is -1.69. The number of H-pyrrole nitrogens is 1. The first-order valence-corrected chi connectivity index (χ1v) is 5.89. The van der Waals surface area contributed by atoms with E-state index < -0.39 is 0 Å². The Kier molecular flexibility index (Phi) is 2.25. The summed E-state index contributed by atoms with van der Waals surface area (Å²) in [6.07, 6.45) is 2.28. The number of fused-ring (bicyclic) bond motifs is 1. The van der Waals surface area contributed by atoms with E-state index in [0.29, 0.717) is 17.7 Å². The van der Waals surface area contributed by atoms with Crippen molar-refractivity contribution >= 4 is 29.3 Å². The third-order valence-electron chi connectivity index (χ3n) is 3.01. The van der Waals surface area contributed by atoms with Gasteiger partial charge in [-0.05, 0) is 30.8 Å². The number of rotatable bonds is 1. The zero-order valence-corrected chi connectivity index (χ0v) is 10.2. The number of carbonyl (C=O) groups excluding carboxylic acids is 1. The largest absolute Gasteiger partial charge is 0.354 e. The SMILES string of the molecule is Cc1cnc2c(c1)[nH]c(=S)n2C1CNC(=O)C1. The van der Waals surface area contributed by atoms with Crippen LogP contribution in [-0.2, 0) is 4.79 Å². The fourth-order valence-corrected chi connectivity index (χ4v) is 2.57. The molecular weight excluding hydrogens is 236 g/mol. The molecule has 6 heteroatoms. The number of carbonyl (C=O) groups is 1. The first-order chi connectivity index (χ1) is 8.15. The molecular formula is C11H12N4OS. The normalized spacial score (nSPS) is 19.8. The van der Waals surface area contributed by atoms with Gasteiger partial charge >= 0.3 is 0 Å². The smallest absolute Gasteiger partial charge is 0.222 e. The zero-order chi connectivity index (χ0) is 12.0. The van der Waals surface area contributed by atoms with Crippen LogP contribution >= 0.6 is 12.2 Å². The first kappa shape index (κ1) is 10.5. The molecule has 1 aliphatic rings. The van der Waals surface area contributed by atoms with Crippen molar-refractivity contribution in [2.75, 3.05) is 6.54 Å². The van der Waals surface area contributed by atoms with Crippen LogP contribution in [0.15, 0.2) is 12.3 Å². The van der Waals surface area contributed by atoms with Crippen LogP contribution in [0, 0.1) is 11.7 Å². The molecule has 3 rings (SSSR count). The average molecular weight is 248 g/mol. The molecule has 5 nitrogen and oxygen atoms in total. The van der Waals surface area contributed by atoms with E-state index in [1.807, 2.05) is 23.8 Å². The second-order valence-corrected chi connectivity index (χ2v) is 4.73. The molecule has 1 saturated heterocycles. The fraction of sp³-hybridized carbons (Fsp3) is 0.364. The number of nitrogens with zero attached hydrogens (tertiary/aromatic N) is 2. The van der Waals surface area contributed by atoms with Gasteiger partial charge < -0.3 is 10.3 Å². The Bertz CT molecular complexity index is 657. The van der Waals surface area contributed by atoms with E-state index in [1.165, 1.54) is 0 Å². The molecule has 0 aromatic carbocycles. The van der Waals surface area contributed by atoms with Crippen molar-refractivity contribution in [2.24, 2.45) is 0 Å². The lowest BCUT2D eigenvalue weighted by atomic mass is 10.2. The summed E-state index contributed by atoms with van der Waals surface area (Å²) in [5, 5.41) is 2.81. The average Bonchev–Trinajstić information content (AvgIpc) is 2.80. The molecule has 1 atom stereocenters. The summed E-state index contributed by atoms with van der Waals surface area (Å²) in [4.78, 5) is 18.8. The maximum absolute atomic E-state index is 11.3. The predicted octanol–water partition coefficient (Wildman–Crippen LogP) is 1.46. The lowest BCUT2D eigenvalue weighted by Crippen LogP contribution is -2.15. The van der Waals surface area contributed by atoms with Gasteiger partial charge in [-0.3, -0.25) is 9.36 Å². The molecule has 0 aliphatic carbocycles. The number of imidazole rings is 1. The Morgan fingerprint density at radius 1 is 1.59 bits per heavy atom. The van der Waals surface area contributed by atoms with Crippen LogP contribution in [0.3, 0.4) is 0 Å². The van der Waals surface area contributed by atoms with Gasteiger partial charge in [0.25, 0.3) is 0 Å². The van der Waals surface area contributed by atoms with Gasteiger partial charge in [0.05, 0.1) is 11.6 Å². The molecule has 17 heavy (non-hydrogen) atoms. The Morgan fingerprint density at radius 3 is 3.12 bits per heavy atom.